The first-order chi connectivity index (χ1) is 11.6. The number of amides is 2. The molecule has 2 heterocycles. The molecule has 1 aliphatic heterocycles. The molecule has 120 valence electrons. The van der Waals surface area contributed by atoms with Gasteiger partial charge in [0.05, 0.1) is 11.1 Å². The molecule has 0 saturated heterocycles. The number of fused-ring (bicyclic) bond motifs is 2. The van der Waals surface area contributed by atoms with Crippen molar-refractivity contribution in [3.63, 3.8) is 0 Å². The van der Waals surface area contributed by atoms with Crippen LogP contribution >= 0.6 is 0 Å². The number of aromatic amines is 1. The highest BCUT2D eigenvalue weighted by atomic mass is 16.7. The number of nitrogens with one attached hydrogen (secondary N) is 1. The summed E-state index contributed by atoms with van der Waals surface area (Å²) in [6.45, 7) is 0. The maximum absolute atomic E-state index is 12.3. The Hall–Kier alpha value is -3.22. The molecule has 0 radical (unpaired) electrons. The number of pyridine rings is 1. The molecule has 0 fully saturated rings. The molecule has 0 unspecified atom stereocenters. The third-order valence-electron chi connectivity index (χ3n) is 4.24. The van der Waals surface area contributed by atoms with Gasteiger partial charge in [0, 0.05) is 5.69 Å². The number of H-pyrrole nitrogens is 1. The lowest BCUT2D eigenvalue weighted by molar-refractivity contribution is -0.0585. The quantitative estimate of drug-likeness (QED) is 0.838. The van der Waals surface area contributed by atoms with Gasteiger partial charge in [0.2, 0.25) is 0 Å². The fourth-order valence-electron chi connectivity index (χ4n) is 3.05. The van der Waals surface area contributed by atoms with Gasteiger partial charge in [-0.25, -0.2) is 4.79 Å². The summed E-state index contributed by atoms with van der Waals surface area (Å²) in [5.41, 5.74) is 1.22. The smallest absolute Gasteiger partial charge is 0.325 e. The Kier molecular flexibility index (Phi) is 3.09. The molecule has 1 N–H and O–H groups in total. The molecule has 7 nitrogen and oxygen atoms in total. The van der Waals surface area contributed by atoms with Crippen LogP contribution < -0.4 is 5.56 Å². The highest BCUT2D eigenvalue weighted by molar-refractivity contribution is 6.21. The molecule has 1 aromatic carbocycles. The van der Waals surface area contributed by atoms with Crippen molar-refractivity contribution in [3.05, 3.63) is 68.6 Å². The van der Waals surface area contributed by atoms with Crippen molar-refractivity contribution >= 4 is 17.8 Å². The maximum atomic E-state index is 12.3. The van der Waals surface area contributed by atoms with E-state index < -0.39 is 23.3 Å². The topological polar surface area (TPSA) is 96.5 Å². The maximum Gasteiger partial charge on any atom is 0.369 e. The zero-order valence-electron chi connectivity index (χ0n) is 12.5. The van der Waals surface area contributed by atoms with Crippen molar-refractivity contribution in [2.45, 2.75) is 19.3 Å². The molecule has 7 heteroatoms. The molecule has 0 bridgehead atoms. The number of rotatable bonds is 2. The van der Waals surface area contributed by atoms with Crippen molar-refractivity contribution in [2.75, 3.05) is 0 Å². The fourth-order valence-corrected chi connectivity index (χ4v) is 3.05. The molecule has 0 saturated carbocycles. The first-order valence-electron chi connectivity index (χ1n) is 7.51. The second kappa shape index (κ2) is 5.16. The van der Waals surface area contributed by atoms with E-state index in [-0.39, 0.29) is 16.7 Å². The predicted molar refractivity (Wildman–Crippen MR) is 81.4 cm³/mol. The van der Waals surface area contributed by atoms with Crippen molar-refractivity contribution < 1.29 is 19.2 Å². The highest BCUT2D eigenvalue weighted by Gasteiger charge is 2.39. The van der Waals surface area contributed by atoms with E-state index in [1.165, 1.54) is 18.2 Å². The zero-order chi connectivity index (χ0) is 16.8. The van der Waals surface area contributed by atoms with Crippen LogP contribution in [0.3, 0.4) is 0 Å². The van der Waals surface area contributed by atoms with E-state index in [1.54, 1.807) is 12.1 Å². The Morgan fingerprint density at radius 1 is 1.04 bits per heavy atom. The van der Waals surface area contributed by atoms with Gasteiger partial charge in [-0.3, -0.25) is 14.4 Å². The van der Waals surface area contributed by atoms with Gasteiger partial charge in [-0.05, 0) is 43.0 Å². The lowest BCUT2D eigenvalue weighted by Gasteiger charge is -2.12. The Balaban J connectivity index is 1.63. The minimum atomic E-state index is -1.03. The standard InChI is InChI=1S/C17H12N2O5/c20-14-12(8-9-4-3-7-13(9)18-14)17(23)24-19-15(21)10-5-1-2-6-11(10)16(19)22/h1-2,5-6,8H,3-4,7H2,(H,18,20). The summed E-state index contributed by atoms with van der Waals surface area (Å²) in [5.74, 6) is -2.47. The molecular weight excluding hydrogens is 312 g/mol. The van der Waals surface area contributed by atoms with E-state index in [9.17, 15) is 19.2 Å². The van der Waals surface area contributed by atoms with Crippen molar-refractivity contribution in [1.82, 2.24) is 10.0 Å². The van der Waals surface area contributed by atoms with Crippen LogP contribution in [0.1, 0.15) is 48.8 Å². The molecular formula is C17H12N2O5. The van der Waals surface area contributed by atoms with Crippen molar-refractivity contribution in [2.24, 2.45) is 0 Å². The van der Waals surface area contributed by atoms with E-state index in [4.69, 9.17) is 4.84 Å². The number of aromatic nitrogens is 1. The predicted octanol–water partition coefficient (Wildman–Crippen LogP) is 1.23. The molecule has 0 spiro atoms. The third-order valence-corrected chi connectivity index (χ3v) is 4.24. The average Bonchev–Trinajstić information content (AvgIpc) is 3.12. The van der Waals surface area contributed by atoms with Crippen LogP contribution in [0, 0.1) is 0 Å². The van der Waals surface area contributed by atoms with E-state index in [0.29, 0.717) is 5.06 Å². The van der Waals surface area contributed by atoms with Crippen LogP contribution in [0.5, 0.6) is 0 Å². The Bertz CT molecular complexity index is 925. The number of benzene rings is 1. The summed E-state index contributed by atoms with van der Waals surface area (Å²) in [7, 11) is 0. The van der Waals surface area contributed by atoms with Gasteiger partial charge in [-0.1, -0.05) is 17.2 Å². The Morgan fingerprint density at radius 3 is 2.38 bits per heavy atom. The fraction of sp³-hybridized carbons (Fsp3) is 0.176. The largest absolute Gasteiger partial charge is 0.369 e. The summed E-state index contributed by atoms with van der Waals surface area (Å²) in [5, 5.41) is 0.402. The molecule has 0 atom stereocenters. The number of aryl methyl sites for hydroxylation is 2. The summed E-state index contributed by atoms with van der Waals surface area (Å²) in [4.78, 5) is 56.3. The van der Waals surface area contributed by atoms with Gasteiger partial charge < -0.3 is 9.82 Å². The summed E-state index contributed by atoms with van der Waals surface area (Å²) >= 11 is 0. The second-order valence-electron chi connectivity index (χ2n) is 5.70. The van der Waals surface area contributed by atoms with Crippen LogP contribution in [-0.4, -0.2) is 27.8 Å². The molecule has 2 aromatic rings. The number of nitrogens with zero attached hydrogens (tertiary/aromatic N) is 1. The SMILES string of the molecule is O=C(ON1C(=O)c2ccccc2C1=O)c1cc2c([nH]c1=O)CCC2. The first kappa shape index (κ1) is 14.4. The highest BCUT2D eigenvalue weighted by Crippen LogP contribution is 2.24. The minimum Gasteiger partial charge on any atom is -0.325 e. The van der Waals surface area contributed by atoms with E-state index in [0.717, 1.165) is 30.5 Å². The number of imide groups is 1. The summed E-state index contributed by atoms with van der Waals surface area (Å²) in [6.07, 6.45) is 2.43. The van der Waals surface area contributed by atoms with Gasteiger partial charge in [0.15, 0.2) is 0 Å². The van der Waals surface area contributed by atoms with Gasteiger partial charge in [0.1, 0.15) is 5.56 Å². The molecule has 1 aromatic heterocycles. The van der Waals surface area contributed by atoms with Crippen molar-refractivity contribution in [1.29, 1.82) is 0 Å². The second-order valence-corrected chi connectivity index (χ2v) is 5.70. The Labute approximate surface area is 135 Å². The molecule has 1 aliphatic carbocycles. The van der Waals surface area contributed by atoms with Crippen LogP contribution in [0.2, 0.25) is 0 Å². The van der Waals surface area contributed by atoms with Gasteiger partial charge in [-0.15, -0.1) is 0 Å². The monoisotopic (exact) mass is 324 g/mol. The Morgan fingerprint density at radius 2 is 1.71 bits per heavy atom. The molecule has 4 rings (SSSR count). The van der Waals surface area contributed by atoms with Gasteiger partial charge in [-0.2, -0.15) is 0 Å². The molecule has 24 heavy (non-hydrogen) atoms. The van der Waals surface area contributed by atoms with E-state index in [2.05, 4.69) is 4.98 Å². The van der Waals surface area contributed by atoms with Crippen LogP contribution in [0.4, 0.5) is 0 Å². The van der Waals surface area contributed by atoms with Crippen LogP contribution in [0.25, 0.3) is 0 Å². The zero-order valence-corrected chi connectivity index (χ0v) is 12.5. The lowest BCUT2D eigenvalue weighted by atomic mass is 10.1. The van der Waals surface area contributed by atoms with Gasteiger partial charge >= 0.3 is 5.97 Å². The van der Waals surface area contributed by atoms with Crippen LogP contribution in [-0.2, 0) is 17.7 Å². The molecule has 2 amide bonds. The van der Waals surface area contributed by atoms with Gasteiger partial charge in [0.25, 0.3) is 17.4 Å². The lowest BCUT2D eigenvalue weighted by Crippen LogP contribution is -2.34. The summed E-state index contributed by atoms with van der Waals surface area (Å²) < 4.78 is 0. The number of hydrogen-bond donors (Lipinski definition) is 1. The normalized spacial score (nSPS) is 15.4. The summed E-state index contributed by atoms with van der Waals surface area (Å²) in [6, 6.07) is 7.65. The minimum absolute atomic E-state index is 0.165. The van der Waals surface area contributed by atoms with Crippen LogP contribution in [0.15, 0.2) is 35.1 Å². The molecule has 2 aliphatic rings. The number of carbonyl (C=O) groups excluding carboxylic acids is 3. The van der Waals surface area contributed by atoms with E-state index >= 15 is 0 Å². The number of carbonyl (C=O) groups is 3. The van der Waals surface area contributed by atoms with E-state index in [1.807, 2.05) is 0 Å². The van der Waals surface area contributed by atoms with Crippen molar-refractivity contribution in [3.8, 4) is 0 Å². The number of hydrogen-bond acceptors (Lipinski definition) is 5. The number of hydroxylamine groups is 2. The third kappa shape index (κ3) is 2.05. The average molecular weight is 324 g/mol. The first-order valence-corrected chi connectivity index (χ1v) is 7.51.